The number of esters is 1. The molecule has 158 valence electrons. The molecule has 1 aliphatic rings. The van der Waals surface area contributed by atoms with Gasteiger partial charge in [-0.1, -0.05) is 25.0 Å². The van der Waals surface area contributed by atoms with E-state index in [9.17, 15) is 14.9 Å². The smallest absolute Gasteiger partial charge is 0.338 e. The highest BCUT2D eigenvalue weighted by Crippen LogP contribution is 2.37. The first kappa shape index (κ1) is 21.6. The van der Waals surface area contributed by atoms with Crippen LogP contribution in [0.3, 0.4) is 0 Å². The Balaban J connectivity index is 1.68. The van der Waals surface area contributed by atoms with Crippen molar-refractivity contribution in [2.24, 2.45) is 0 Å². The van der Waals surface area contributed by atoms with Gasteiger partial charge >= 0.3 is 5.97 Å². The lowest BCUT2D eigenvalue weighted by atomic mass is 10.1. The monoisotopic (exact) mass is 409 g/mol. The van der Waals surface area contributed by atoms with Crippen molar-refractivity contribution in [1.82, 2.24) is 4.57 Å². The molecule has 1 N–H and O–H groups in total. The highest BCUT2D eigenvalue weighted by Gasteiger charge is 2.26. The third-order valence-corrected chi connectivity index (χ3v) is 5.65. The summed E-state index contributed by atoms with van der Waals surface area (Å²) in [7, 11) is 1.60. The van der Waals surface area contributed by atoms with Crippen LogP contribution < -0.4 is 5.32 Å². The second kappa shape index (κ2) is 9.59. The number of nitrogens with one attached hydrogen (secondary N) is 1. The van der Waals surface area contributed by atoms with E-state index in [0.717, 1.165) is 42.5 Å². The fraction of sp³-hybridized carbons (Fsp3) is 0.435. The van der Waals surface area contributed by atoms with Crippen LogP contribution in [-0.2, 0) is 20.9 Å². The number of nitrogens with zero attached hydrogens (tertiary/aromatic N) is 2. The van der Waals surface area contributed by atoms with Crippen LogP contribution in [0.1, 0.15) is 64.5 Å². The Morgan fingerprint density at radius 2 is 1.87 bits per heavy atom. The second-order valence-corrected chi connectivity index (χ2v) is 7.61. The number of ether oxygens (including phenoxy) is 2. The third-order valence-electron chi connectivity index (χ3n) is 5.65. The van der Waals surface area contributed by atoms with Gasteiger partial charge in [0.2, 0.25) is 0 Å². The van der Waals surface area contributed by atoms with Crippen LogP contribution in [0, 0.1) is 25.2 Å². The minimum atomic E-state index is -0.576. The van der Waals surface area contributed by atoms with Gasteiger partial charge in [0.25, 0.3) is 5.91 Å². The van der Waals surface area contributed by atoms with E-state index in [4.69, 9.17) is 9.47 Å². The molecule has 0 spiro atoms. The van der Waals surface area contributed by atoms with Crippen LogP contribution in [0.2, 0.25) is 0 Å². The Morgan fingerprint density at radius 3 is 2.47 bits per heavy atom. The quantitative estimate of drug-likeness (QED) is 0.697. The number of hydrogen-bond acceptors (Lipinski definition) is 5. The zero-order valence-electron chi connectivity index (χ0n) is 17.7. The highest BCUT2D eigenvalue weighted by atomic mass is 16.5. The maximum absolute atomic E-state index is 12.5. The van der Waals surface area contributed by atoms with Gasteiger partial charge in [-0.15, -0.1) is 0 Å². The molecule has 1 saturated carbocycles. The molecule has 0 unspecified atom stereocenters. The Kier molecular flexibility index (Phi) is 6.91. The topological polar surface area (TPSA) is 93.3 Å². The Labute approximate surface area is 176 Å². The number of nitriles is 1. The zero-order chi connectivity index (χ0) is 21.7. The minimum absolute atomic E-state index is 0.272. The van der Waals surface area contributed by atoms with Gasteiger partial charge in [0.05, 0.1) is 17.7 Å². The molecule has 0 atom stereocenters. The van der Waals surface area contributed by atoms with Crippen molar-refractivity contribution in [3.8, 4) is 6.07 Å². The van der Waals surface area contributed by atoms with Crippen molar-refractivity contribution in [3.63, 3.8) is 0 Å². The molecule has 7 nitrogen and oxygen atoms in total. The SMILES string of the molecule is COCc1ccc(C(=O)OCC(=O)Nc2c(C#N)c(C)c(C)n2C2CCCC2)cc1. The van der Waals surface area contributed by atoms with Gasteiger partial charge in [-0.05, 0) is 49.9 Å². The normalized spacial score (nSPS) is 13.8. The predicted octanol–water partition coefficient (Wildman–Crippen LogP) is 4.03. The summed E-state index contributed by atoms with van der Waals surface area (Å²) >= 11 is 0. The van der Waals surface area contributed by atoms with Gasteiger partial charge in [0.15, 0.2) is 6.61 Å². The first-order chi connectivity index (χ1) is 14.5. The summed E-state index contributed by atoms with van der Waals surface area (Å²) < 4.78 is 12.3. The van der Waals surface area contributed by atoms with E-state index < -0.39 is 18.5 Å². The number of rotatable bonds is 7. The van der Waals surface area contributed by atoms with Gasteiger partial charge in [-0.25, -0.2) is 4.79 Å². The Bertz CT molecular complexity index is 964. The molecule has 2 aromatic rings. The van der Waals surface area contributed by atoms with Crippen LogP contribution in [0.25, 0.3) is 0 Å². The molecule has 1 heterocycles. The molecular weight excluding hydrogens is 382 g/mol. The lowest BCUT2D eigenvalue weighted by Gasteiger charge is -2.19. The largest absolute Gasteiger partial charge is 0.452 e. The number of amides is 1. The van der Waals surface area contributed by atoms with Crippen molar-refractivity contribution in [2.75, 3.05) is 19.0 Å². The van der Waals surface area contributed by atoms with E-state index in [0.29, 0.717) is 23.6 Å². The van der Waals surface area contributed by atoms with Gasteiger partial charge in [0, 0.05) is 18.8 Å². The van der Waals surface area contributed by atoms with E-state index in [1.807, 2.05) is 13.8 Å². The Morgan fingerprint density at radius 1 is 1.20 bits per heavy atom. The van der Waals surface area contributed by atoms with Crippen LogP contribution in [-0.4, -0.2) is 30.2 Å². The standard InChI is InChI=1S/C23H27N3O4/c1-15-16(2)26(19-6-4-5-7-19)22(20(15)12-24)25-21(27)14-30-23(28)18-10-8-17(9-11-18)13-29-3/h8-11,19H,4-7,13-14H2,1-3H3,(H,25,27). The average Bonchev–Trinajstić information content (AvgIpc) is 3.34. The van der Waals surface area contributed by atoms with Gasteiger partial charge < -0.3 is 19.4 Å². The van der Waals surface area contributed by atoms with Gasteiger partial charge in [-0.3, -0.25) is 4.79 Å². The molecule has 7 heteroatoms. The van der Waals surface area contributed by atoms with E-state index >= 15 is 0 Å². The number of benzene rings is 1. The molecule has 3 rings (SSSR count). The summed E-state index contributed by atoms with van der Waals surface area (Å²) in [5.41, 5.74) is 3.62. The summed E-state index contributed by atoms with van der Waals surface area (Å²) in [6, 6.07) is 9.31. The average molecular weight is 409 g/mol. The molecule has 1 fully saturated rings. The molecule has 1 aliphatic carbocycles. The molecule has 0 bridgehead atoms. The van der Waals surface area contributed by atoms with Crippen molar-refractivity contribution in [1.29, 1.82) is 5.26 Å². The van der Waals surface area contributed by atoms with Gasteiger partial charge in [0.1, 0.15) is 11.9 Å². The summed E-state index contributed by atoms with van der Waals surface area (Å²) in [5, 5.41) is 12.4. The number of hydrogen-bond donors (Lipinski definition) is 1. The molecule has 30 heavy (non-hydrogen) atoms. The highest BCUT2D eigenvalue weighted by molar-refractivity contribution is 5.96. The number of aromatic nitrogens is 1. The molecule has 1 aromatic carbocycles. The fourth-order valence-corrected chi connectivity index (χ4v) is 3.99. The molecule has 0 saturated heterocycles. The van der Waals surface area contributed by atoms with E-state index in [2.05, 4.69) is 16.0 Å². The summed E-state index contributed by atoms with van der Waals surface area (Å²) in [4.78, 5) is 24.8. The first-order valence-corrected chi connectivity index (χ1v) is 10.1. The van der Waals surface area contributed by atoms with E-state index in [-0.39, 0.29) is 6.04 Å². The predicted molar refractivity (Wildman–Crippen MR) is 112 cm³/mol. The maximum Gasteiger partial charge on any atom is 0.338 e. The maximum atomic E-state index is 12.5. The summed E-state index contributed by atoms with van der Waals surface area (Å²) in [6.07, 6.45) is 4.32. The lowest BCUT2D eigenvalue weighted by molar-refractivity contribution is -0.119. The molecule has 1 amide bonds. The third kappa shape index (κ3) is 4.55. The Hall–Kier alpha value is -3.11. The summed E-state index contributed by atoms with van der Waals surface area (Å²) in [5.74, 6) is -0.537. The van der Waals surface area contributed by atoms with Crippen LogP contribution in [0.5, 0.6) is 0 Å². The van der Waals surface area contributed by atoms with E-state index in [1.165, 1.54) is 0 Å². The van der Waals surface area contributed by atoms with Crippen LogP contribution in [0.15, 0.2) is 24.3 Å². The molecular formula is C23H27N3O4. The zero-order valence-corrected chi connectivity index (χ0v) is 17.7. The van der Waals surface area contributed by atoms with Crippen LogP contribution >= 0.6 is 0 Å². The number of methoxy groups -OCH3 is 1. The van der Waals surface area contributed by atoms with Gasteiger partial charge in [-0.2, -0.15) is 5.26 Å². The molecule has 1 aromatic heterocycles. The lowest BCUT2D eigenvalue weighted by Crippen LogP contribution is -2.23. The number of carbonyl (C=O) groups excluding carboxylic acids is 2. The summed E-state index contributed by atoms with van der Waals surface area (Å²) in [6.45, 7) is 3.90. The fourth-order valence-electron chi connectivity index (χ4n) is 3.99. The molecule has 0 radical (unpaired) electrons. The van der Waals surface area contributed by atoms with Crippen molar-refractivity contribution < 1.29 is 19.1 Å². The van der Waals surface area contributed by atoms with E-state index in [1.54, 1.807) is 31.4 Å². The number of carbonyl (C=O) groups is 2. The van der Waals surface area contributed by atoms with Crippen LogP contribution in [0.4, 0.5) is 5.82 Å². The second-order valence-electron chi connectivity index (χ2n) is 7.61. The number of anilines is 1. The minimum Gasteiger partial charge on any atom is -0.452 e. The molecule has 0 aliphatic heterocycles. The van der Waals surface area contributed by atoms with Crippen molar-refractivity contribution in [2.45, 2.75) is 52.2 Å². The first-order valence-electron chi connectivity index (χ1n) is 10.1. The van der Waals surface area contributed by atoms with Crippen molar-refractivity contribution in [3.05, 3.63) is 52.2 Å². The van der Waals surface area contributed by atoms with Crippen molar-refractivity contribution >= 4 is 17.7 Å².